The van der Waals surface area contributed by atoms with Crippen molar-refractivity contribution in [2.45, 2.75) is 0 Å². The smallest absolute Gasteiger partial charge is 0.258 e. The molecular weight excluding hydrogens is 324 g/mol. The van der Waals surface area contributed by atoms with Crippen LogP contribution in [0.2, 0.25) is 5.15 Å². The fourth-order valence-corrected chi connectivity index (χ4v) is 1.72. The second-order valence-electron chi connectivity index (χ2n) is 3.29. The molecular formula is C11H6BrClFN3O. The molecule has 1 amide bonds. The van der Waals surface area contributed by atoms with Crippen LogP contribution in [0, 0.1) is 5.82 Å². The summed E-state index contributed by atoms with van der Waals surface area (Å²) in [7, 11) is 0. The van der Waals surface area contributed by atoms with Crippen molar-refractivity contribution in [2.24, 2.45) is 0 Å². The monoisotopic (exact) mass is 329 g/mol. The molecule has 0 bridgehead atoms. The molecule has 1 heterocycles. The standard InChI is InChI=1S/C11H6BrClFN3O/c12-7-5-6(1-2-8(7)14)10(18)17-11-15-4-3-9(13)16-11/h1-5H,(H,15,16,17,18). The van der Waals surface area contributed by atoms with Crippen LogP contribution in [0.1, 0.15) is 10.4 Å². The van der Waals surface area contributed by atoms with Crippen LogP contribution in [-0.4, -0.2) is 15.9 Å². The number of nitrogens with one attached hydrogen (secondary N) is 1. The summed E-state index contributed by atoms with van der Waals surface area (Å²) in [6.07, 6.45) is 1.42. The normalized spacial score (nSPS) is 10.2. The van der Waals surface area contributed by atoms with Gasteiger partial charge in [0, 0.05) is 11.8 Å². The lowest BCUT2D eigenvalue weighted by atomic mass is 10.2. The van der Waals surface area contributed by atoms with Gasteiger partial charge in [-0.3, -0.25) is 10.1 Å². The quantitative estimate of drug-likeness (QED) is 0.860. The predicted octanol–water partition coefficient (Wildman–Crippen LogP) is 3.28. The van der Waals surface area contributed by atoms with E-state index in [0.29, 0.717) is 0 Å². The molecule has 0 unspecified atom stereocenters. The number of halogens is 3. The van der Waals surface area contributed by atoms with E-state index in [1.165, 1.54) is 30.5 Å². The molecule has 1 aromatic carbocycles. The van der Waals surface area contributed by atoms with E-state index in [1.807, 2.05) is 0 Å². The third kappa shape index (κ3) is 3.02. The van der Waals surface area contributed by atoms with E-state index in [1.54, 1.807) is 0 Å². The first-order chi connectivity index (χ1) is 8.56. The molecule has 0 spiro atoms. The Morgan fingerprint density at radius 3 is 2.83 bits per heavy atom. The van der Waals surface area contributed by atoms with Gasteiger partial charge in [0.15, 0.2) is 0 Å². The summed E-state index contributed by atoms with van der Waals surface area (Å²) in [6.45, 7) is 0. The van der Waals surface area contributed by atoms with Gasteiger partial charge in [-0.2, -0.15) is 0 Å². The number of rotatable bonds is 2. The fourth-order valence-electron chi connectivity index (χ4n) is 1.21. The van der Waals surface area contributed by atoms with Gasteiger partial charge in [-0.25, -0.2) is 14.4 Å². The van der Waals surface area contributed by atoms with E-state index in [-0.39, 0.29) is 21.1 Å². The highest BCUT2D eigenvalue weighted by Crippen LogP contribution is 2.17. The van der Waals surface area contributed by atoms with Gasteiger partial charge in [-0.15, -0.1) is 0 Å². The van der Waals surface area contributed by atoms with Crippen molar-refractivity contribution in [3.05, 3.63) is 51.5 Å². The van der Waals surface area contributed by atoms with E-state index >= 15 is 0 Å². The van der Waals surface area contributed by atoms with Gasteiger partial charge < -0.3 is 0 Å². The molecule has 0 saturated heterocycles. The van der Waals surface area contributed by atoms with Gasteiger partial charge in [-0.1, -0.05) is 11.6 Å². The lowest BCUT2D eigenvalue weighted by molar-refractivity contribution is 0.102. The van der Waals surface area contributed by atoms with Gasteiger partial charge in [0.1, 0.15) is 11.0 Å². The van der Waals surface area contributed by atoms with Crippen LogP contribution in [0.25, 0.3) is 0 Å². The summed E-state index contributed by atoms with van der Waals surface area (Å²) < 4.78 is 13.2. The van der Waals surface area contributed by atoms with Gasteiger partial charge in [0.25, 0.3) is 5.91 Å². The molecule has 92 valence electrons. The maximum Gasteiger partial charge on any atom is 0.258 e. The third-order valence-corrected chi connectivity index (χ3v) is 2.85. The average molecular weight is 331 g/mol. The number of carbonyl (C=O) groups is 1. The number of carbonyl (C=O) groups excluding carboxylic acids is 1. The van der Waals surface area contributed by atoms with Gasteiger partial charge >= 0.3 is 0 Å². The third-order valence-electron chi connectivity index (χ3n) is 2.03. The van der Waals surface area contributed by atoms with Crippen molar-refractivity contribution < 1.29 is 9.18 Å². The minimum Gasteiger partial charge on any atom is -0.290 e. The van der Waals surface area contributed by atoms with Crippen LogP contribution < -0.4 is 5.32 Å². The maximum atomic E-state index is 13.0. The Balaban J connectivity index is 2.19. The summed E-state index contributed by atoms with van der Waals surface area (Å²) in [4.78, 5) is 19.5. The number of hydrogen-bond donors (Lipinski definition) is 1. The topological polar surface area (TPSA) is 54.9 Å². The lowest BCUT2D eigenvalue weighted by Crippen LogP contribution is -2.14. The molecule has 7 heteroatoms. The number of anilines is 1. The van der Waals surface area contributed by atoms with Crippen LogP contribution in [0.5, 0.6) is 0 Å². The van der Waals surface area contributed by atoms with E-state index in [0.717, 1.165) is 0 Å². The second-order valence-corrected chi connectivity index (χ2v) is 4.53. The summed E-state index contributed by atoms with van der Waals surface area (Å²) in [6, 6.07) is 5.42. The zero-order valence-electron chi connectivity index (χ0n) is 8.82. The molecule has 0 atom stereocenters. The van der Waals surface area contributed by atoms with Crippen LogP contribution >= 0.6 is 27.5 Å². The summed E-state index contributed by atoms with van der Waals surface area (Å²) in [5.41, 5.74) is 0.284. The van der Waals surface area contributed by atoms with Crippen molar-refractivity contribution in [3.8, 4) is 0 Å². The molecule has 0 aliphatic heterocycles. The van der Waals surface area contributed by atoms with Crippen molar-refractivity contribution >= 4 is 39.4 Å². The number of amides is 1. The Morgan fingerprint density at radius 2 is 2.17 bits per heavy atom. The number of nitrogens with zero attached hydrogens (tertiary/aromatic N) is 2. The van der Waals surface area contributed by atoms with E-state index < -0.39 is 11.7 Å². The van der Waals surface area contributed by atoms with Gasteiger partial charge in [-0.05, 0) is 40.2 Å². The Hall–Kier alpha value is -1.53. The Kier molecular flexibility index (Phi) is 3.88. The highest BCUT2D eigenvalue weighted by atomic mass is 79.9. The zero-order chi connectivity index (χ0) is 13.1. The molecule has 0 aliphatic carbocycles. The number of aromatic nitrogens is 2. The van der Waals surface area contributed by atoms with Gasteiger partial charge in [0.05, 0.1) is 4.47 Å². The highest BCUT2D eigenvalue weighted by Gasteiger charge is 2.10. The van der Waals surface area contributed by atoms with Crippen molar-refractivity contribution in [3.63, 3.8) is 0 Å². The molecule has 0 fully saturated rings. The number of hydrogen-bond acceptors (Lipinski definition) is 3. The van der Waals surface area contributed by atoms with E-state index in [2.05, 4.69) is 31.2 Å². The summed E-state index contributed by atoms with van der Waals surface area (Å²) in [5, 5.41) is 2.68. The molecule has 2 aromatic rings. The minimum absolute atomic E-state index is 0.0907. The van der Waals surface area contributed by atoms with Crippen molar-refractivity contribution in [2.75, 3.05) is 5.32 Å². The average Bonchev–Trinajstić information content (AvgIpc) is 2.32. The first-order valence-corrected chi connectivity index (χ1v) is 5.98. The van der Waals surface area contributed by atoms with Crippen molar-refractivity contribution in [1.82, 2.24) is 9.97 Å². The Labute approximate surface area is 115 Å². The SMILES string of the molecule is O=C(Nc1nccc(Cl)n1)c1ccc(F)c(Br)c1. The summed E-state index contributed by atoms with van der Waals surface area (Å²) >= 11 is 8.66. The Bertz CT molecular complexity index is 609. The van der Waals surface area contributed by atoms with E-state index in [9.17, 15) is 9.18 Å². The predicted molar refractivity (Wildman–Crippen MR) is 69.1 cm³/mol. The molecule has 1 aromatic heterocycles. The zero-order valence-corrected chi connectivity index (χ0v) is 11.2. The van der Waals surface area contributed by atoms with Crippen LogP contribution in [0.3, 0.4) is 0 Å². The maximum absolute atomic E-state index is 13.0. The minimum atomic E-state index is -0.446. The molecule has 2 rings (SSSR count). The fraction of sp³-hybridized carbons (Fsp3) is 0. The van der Waals surface area contributed by atoms with Crippen LogP contribution in [0.4, 0.5) is 10.3 Å². The number of benzene rings is 1. The van der Waals surface area contributed by atoms with Gasteiger partial charge in [0.2, 0.25) is 5.95 Å². The highest BCUT2D eigenvalue weighted by molar-refractivity contribution is 9.10. The first-order valence-electron chi connectivity index (χ1n) is 4.81. The molecule has 0 saturated carbocycles. The second kappa shape index (κ2) is 5.41. The summed E-state index contributed by atoms with van der Waals surface area (Å²) in [5.74, 6) is -0.795. The lowest BCUT2D eigenvalue weighted by Gasteiger charge is -2.04. The Morgan fingerprint density at radius 1 is 1.39 bits per heavy atom. The van der Waals surface area contributed by atoms with Crippen molar-refractivity contribution in [1.29, 1.82) is 0 Å². The van der Waals surface area contributed by atoms with Crippen LogP contribution in [-0.2, 0) is 0 Å². The first kappa shape index (κ1) is 12.9. The van der Waals surface area contributed by atoms with Crippen LogP contribution in [0.15, 0.2) is 34.9 Å². The molecule has 0 aliphatic rings. The molecule has 1 N–H and O–H groups in total. The largest absolute Gasteiger partial charge is 0.290 e. The molecule has 18 heavy (non-hydrogen) atoms. The molecule has 4 nitrogen and oxygen atoms in total. The van der Waals surface area contributed by atoms with E-state index in [4.69, 9.17) is 11.6 Å². The molecule has 0 radical (unpaired) electrons.